The first-order chi connectivity index (χ1) is 11.8. The van der Waals surface area contributed by atoms with Crippen LogP contribution in [0.25, 0.3) is 22.0 Å². The van der Waals surface area contributed by atoms with Crippen molar-refractivity contribution in [1.29, 1.82) is 0 Å². The summed E-state index contributed by atoms with van der Waals surface area (Å²) in [5.74, 6) is 0.845. The third-order valence-electron chi connectivity index (χ3n) is 4.67. The Morgan fingerprint density at radius 2 is 1.92 bits per heavy atom. The summed E-state index contributed by atoms with van der Waals surface area (Å²) in [6, 6.07) is 16.6. The number of hydrogen-bond donors (Lipinski definition) is 0. The molecule has 24 heavy (non-hydrogen) atoms. The summed E-state index contributed by atoms with van der Waals surface area (Å²) in [7, 11) is 0. The van der Waals surface area contributed by atoms with Crippen LogP contribution in [0.5, 0.6) is 5.75 Å². The second-order valence-corrected chi connectivity index (χ2v) is 6.38. The number of amides is 1. The molecule has 0 spiro atoms. The number of rotatable bonds is 2. The maximum absolute atomic E-state index is 12.2. The lowest BCUT2D eigenvalue weighted by molar-refractivity contribution is -0.121. The van der Waals surface area contributed by atoms with E-state index in [1.807, 2.05) is 41.4 Å². The third kappa shape index (κ3) is 2.14. The molecule has 4 nitrogen and oxygen atoms in total. The van der Waals surface area contributed by atoms with E-state index >= 15 is 0 Å². The lowest BCUT2D eigenvalue weighted by Gasteiger charge is -2.29. The lowest BCUT2D eigenvalue weighted by atomic mass is 10.0. The highest BCUT2D eigenvalue weighted by Gasteiger charge is 2.37. The Kier molecular flexibility index (Phi) is 2.86. The number of benzene rings is 2. The Morgan fingerprint density at radius 1 is 1.04 bits per heavy atom. The van der Waals surface area contributed by atoms with Crippen molar-refractivity contribution < 1.29 is 9.53 Å². The molecule has 118 valence electrons. The molecule has 1 aliphatic carbocycles. The van der Waals surface area contributed by atoms with E-state index in [0.29, 0.717) is 6.04 Å². The van der Waals surface area contributed by atoms with E-state index in [4.69, 9.17) is 4.74 Å². The Labute approximate surface area is 139 Å². The first-order valence-electron chi connectivity index (χ1n) is 8.24. The van der Waals surface area contributed by atoms with Gasteiger partial charge >= 0.3 is 0 Å². The predicted octanol–water partition coefficient (Wildman–Crippen LogP) is 3.79. The summed E-state index contributed by atoms with van der Waals surface area (Å²) in [6.45, 7) is 0.139. The number of hydrogen-bond acceptors (Lipinski definition) is 3. The van der Waals surface area contributed by atoms with Crippen LogP contribution < -0.4 is 9.64 Å². The van der Waals surface area contributed by atoms with Gasteiger partial charge in [-0.1, -0.05) is 24.3 Å². The van der Waals surface area contributed by atoms with E-state index < -0.39 is 0 Å². The van der Waals surface area contributed by atoms with Gasteiger partial charge in [-0.15, -0.1) is 0 Å². The van der Waals surface area contributed by atoms with E-state index in [9.17, 15) is 4.79 Å². The first-order valence-corrected chi connectivity index (χ1v) is 8.24. The molecule has 0 radical (unpaired) electrons. The summed E-state index contributed by atoms with van der Waals surface area (Å²) >= 11 is 0. The molecule has 0 atom stereocenters. The van der Waals surface area contributed by atoms with Gasteiger partial charge in [0.25, 0.3) is 5.91 Å². The van der Waals surface area contributed by atoms with Gasteiger partial charge < -0.3 is 9.64 Å². The summed E-state index contributed by atoms with van der Waals surface area (Å²) in [4.78, 5) is 18.7. The quantitative estimate of drug-likeness (QED) is 0.722. The monoisotopic (exact) mass is 316 g/mol. The van der Waals surface area contributed by atoms with Crippen LogP contribution in [-0.2, 0) is 4.79 Å². The van der Waals surface area contributed by atoms with Gasteiger partial charge in [0.05, 0.1) is 11.2 Å². The van der Waals surface area contributed by atoms with E-state index in [2.05, 4.69) is 23.2 Å². The number of nitrogens with zero attached hydrogens (tertiary/aromatic N) is 2. The smallest absolute Gasteiger partial charge is 0.265 e. The van der Waals surface area contributed by atoms with Crippen LogP contribution >= 0.6 is 0 Å². The third-order valence-corrected chi connectivity index (χ3v) is 4.67. The molecule has 2 heterocycles. The van der Waals surface area contributed by atoms with Crippen LogP contribution in [0.15, 0.2) is 54.7 Å². The van der Waals surface area contributed by atoms with E-state index in [1.165, 1.54) is 0 Å². The Hall–Kier alpha value is -2.88. The molecule has 2 aromatic carbocycles. The van der Waals surface area contributed by atoms with E-state index in [-0.39, 0.29) is 12.5 Å². The number of pyridine rings is 1. The standard InChI is InChI=1S/C20H16N2O2/c23-20-12-24-19-8-5-13(10-18(19)22(20)16-6-7-16)15-9-14-3-1-2-4-17(14)21-11-15/h1-5,8-11,16H,6-7,12H2. The molecule has 1 fully saturated rings. The second kappa shape index (κ2) is 5.06. The van der Waals surface area contributed by atoms with E-state index in [0.717, 1.165) is 46.3 Å². The van der Waals surface area contributed by atoms with Gasteiger partial charge in [0.1, 0.15) is 5.75 Å². The van der Waals surface area contributed by atoms with Gasteiger partial charge in [-0.05, 0) is 42.7 Å². The van der Waals surface area contributed by atoms with Gasteiger partial charge in [-0.2, -0.15) is 0 Å². The SMILES string of the molecule is O=C1COc2ccc(-c3cnc4ccccc4c3)cc2N1C1CC1. The van der Waals surface area contributed by atoms with Crippen molar-refractivity contribution in [1.82, 2.24) is 4.98 Å². The number of fused-ring (bicyclic) bond motifs is 2. The number of aromatic nitrogens is 1. The molecule has 1 aromatic heterocycles. The number of para-hydroxylation sites is 1. The lowest BCUT2D eigenvalue weighted by Crippen LogP contribution is -2.40. The minimum Gasteiger partial charge on any atom is -0.482 e. The minimum absolute atomic E-state index is 0.0544. The Balaban J connectivity index is 1.62. The van der Waals surface area contributed by atoms with E-state index in [1.54, 1.807) is 0 Å². The fraction of sp³-hybridized carbons (Fsp3) is 0.200. The van der Waals surface area contributed by atoms with Crippen LogP contribution in [0.3, 0.4) is 0 Å². The van der Waals surface area contributed by atoms with Crippen molar-refractivity contribution in [2.24, 2.45) is 0 Å². The second-order valence-electron chi connectivity index (χ2n) is 6.38. The van der Waals surface area contributed by atoms with Crippen LogP contribution in [-0.4, -0.2) is 23.5 Å². The normalized spacial score (nSPS) is 16.8. The molecule has 0 unspecified atom stereocenters. The molecule has 1 aliphatic heterocycles. The topological polar surface area (TPSA) is 42.4 Å². The molecule has 0 saturated heterocycles. The molecule has 3 aromatic rings. The summed E-state index contributed by atoms with van der Waals surface area (Å²) < 4.78 is 5.60. The number of carbonyl (C=O) groups is 1. The highest BCUT2D eigenvalue weighted by molar-refractivity contribution is 5.99. The Morgan fingerprint density at radius 3 is 2.79 bits per heavy atom. The van der Waals surface area contributed by atoms with Crippen LogP contribution in [0.1, 0.15) is 12.8 Å². The molecule has 1 saturated carbocycles. The average molecular weight is 316 g/mol. The molecular weight excluding hydrogens is 300 g/mol. The molecule has 2 aliphatic rings. The van der Waals surface area contributed by atoms with Gasteiger partial charge in [0.2, 0.25) is 0 Å². The van der Waals surface area contributed by atoms with Gasteiger partial charge in [0, 0.05) is 23.2 Å². The van der Waals surface area contributed by atoms with Crippen molar-refractivity contribution in [3.8, 4) is 16.9 Å². The first kappa shape index (κ1) is 13.5. The predicted molar refractivity (Wildman–Crippen MR) is 93.2 cm³/mol. The molecular formula is C20H16N2O2. The zero-order valence-electron chi connectivity index (χ0n) is 13.1. The zero-order valence-corrected chi connectivity index (χ0v) is 13.1. The largest absolute Gasteiger partial charge is 0.482 e. The van der Waals surface area contributed by atoms with Crippen molar-refractivity contribution in [2.75, 3.05) is 11.5 Å². The number of anilines is 1. The van der Waals surface area contributed by atoms with Crippen molar-refractivity contribution in [3.63, 3.8) is 0 Å². The fourth-order valence-electron chi connectivity index (χ4n) is 3.31. The number of carbonyl (C=O) groups excluding carboxylic acids is 1. The van der Waals surface area contributed by atoms with Crippen LogP contribution in [0, 0.1) is 0 Å². The molecule has 4 heteroatoms. The van der Waals surface area contributed by atoms with Gasteiger partial charge in [-0.3, -0.25) is 9.78 Å². The number of ether oxygens (including phenoxy) is 1. The summed E-state index contributed by atoms with van der Waals surface area (Å²) in [5.41, 5.74) is 3.97. The minimum atomic E-state index is 0.0544. The fourth-order valence-corrected chi connectivity index (χ4v) is 3.31. The maximum atomic E-state index is 12.2. The Bertz CT molecular complexity index is 963. The highest BCUT2D eigenvalue weighted by Crippen LogP contribution is 2.41. The summed E-state index contributed by atoms with van der Waals surface area (Å²) in [5, 5.41) is 1.11. The summed E-state index contributed by atoms with van der Waals surface area (Å²) in [6.07, 6.45) is 4.04. The van der Waals surface area contributed by atoms with Crippen LogP contribution in [0.4, 0.5) is 5.69 Å². The van der Waals surface area contributed by atoms with Crippen molar-refractivity contribution in [2.45, 2.75) is 18.9 Å². The zero-order chi connectivity index (χ0) is 16.1. The van der Waals surface area contributed by atoms with Gasteiger partial charge in [0.15, 0.2) is 6.61 Å². The highest BCUT2D eigenvalue weighted by atomic mass is 16.5. The van der Waals surface area contributed by atoms with Crippen molar-refractivity contribution in [3.05, 3.63) is 54.7 Å². The average Bonchev–Trinajstić information content (AvgIpc) is 3.45. The molecule has 5 rings (SSSR count). The van der Waals surface area contributed by atoms with Gasteiger partial charge in [-0.25, -0.2) is 0 Å². The van der Waals surface area contributed by atoms with Crippen LogP contribution in [0.2, 0.25) is 0 Å². The van der Waals surface area contributed by atoms with Crippen molar-refractivity contribution >= 4 is 22.5 Å². The maximum Gasteiger partial charge on any atom is 0.265 e. The molecule has 1 amide bonds. The molecule has 0 N–H and O–H groups in total. The molecule has 0 bridgehead atoms.